The number of hydrogen-bond donors (Lipinski definition) is 1. The number of aromatic amines is 1. The Morgan fingerprint density at radius 3 is 2.66 bits per heavy atom. The number of amides is 1. The van der Waals surface area contributed by atoms with Gasteiger partial charge in [0.1, 0.15) is 0 Å². The minimum absolute atomic E-state index is 0.189. The van der Waals surface area contributed by atoms with Crippen molar-refractivity contribution in [3.8, 4) is 0 Å². The van der Waals surface area contributed by atoms with E-state index in [9.17, 15) is 4.79 Å². The van der Waals surface area contributed by atoms with Gasteiger partial charge in [-0.25, -0.2) is 4.98 Å². The Morgan fingerprint density at radius 2 is 1.97 bits per heavy atom. The Morgan fingerprint density at radius 1 is 1.21 bits per heavy atom. The lowest BCUT2D eigenvalue weighted by Crippen LogP contribution is -2.58. The highest BCUT2D eigenvalue weighted by Gasteiger charge is 2.50. The summed E-state index contributed by atoms with van der Waals surface area (Å²) >= 11 is 0. The minimum atomic E-state index is -0.189. The van der Waals surface area contributed by atoms with Crippen molar-refractivity contribution in [3.63, 3.8) is 0 Å². The zero-order chi connectivity index (χ0) is 20.4. The fourth-order valence-corrected chi connectivity index (χ4v) is 4.94. The minimum Gasteiger partial charge on any atom is -0.348 e. The SMILES string of the molecule is CC(C)=CCC/C(C)=C/CN1CCC2(CC1)c1nc[nH]c1CCN2C(=O)C1CC1. The molecular weight excluding hydrogens is 360 g/mol. The average molecular weight is 397 g/mol. The van der Waals surface area contributed by atoms with Crippen LogP contribution in [0.2, 0.25) is 0 Å². The fraction of sp³-hybridized carbons (Fsp3) is 0.667. The molecule has 3 aliphatic rings. The molecular formula is C24H36N4O. The van der Waals surface area contributed by atoms with Gasteiger partial charge in [-0.1, -0.05) is 23.3 Å². The summed E-state index contributed by atoms with van der Waals surface area (Å²) in [5, 5.41) is 0. The second-order valence-corrected chi connectivity index (χ2v) is 9.45. The molecule has 1 aliphatic carbocycles. The summed E-state index contributed by atoms with van der Waals surface area (Å²) in [6.45, 7) is 10.5. The quantitative estimate of drug-likeness (QED) is 0.734. The summed E-state index contributed by atoms with van der Waals surface area (Å²) in [6.07, 6.45) is 13.8. The van der Waals surface area contributed by atoms with Crippen molar-refractivity contribution < 1.29 is 4.79 Å². The summed E-state index contributed by atoms with van der Waals surface area (Å²) in [4.78, 5) is 25.9. The van der Waals surface area contributed by atoms with Gasteiger partial charge < -0.3 is 9.88 Å². The van der Waals surface area contributed by atoms with Gasteiger partial charge in [0.15, 0.2) is 0 Å². The van der Waals surface area contributed by atoms with Gasteiger partial charge in [0.2, 0.25) is 5.91 Å². The third kappa shape index (κ3) is 4.35. The summed E-state index contributed by atoms with van der Waals surface area (Å²) in [5.74, 6) is 0.652. The van der Waals surface area contributed by atoms with Crippen LogP contribution in [0.1, 0.15) is 70.7 Å². The Labute approximate surface area is 175 Å². The first-order valence-corrected chi connectivity index (χ1v) is 11.3. The zero-order valence-corrected chi connectivity index (χ0v) is 18.3. The number of imidazole rings is 1. The molecule has 1 spiro atoms. The van der Waals surface area contributed by atoms with Gasteiger partial charge in [-0.15, -0.1) is 0 Å². The summed E-state index contributed by atoms with van der Waals surface area (Å²) in [6, 6.07) is 0. The topological polar surface area (TPSA) is 52.2 Å². The second-order valence-electron chi connectivity index (χ2n) is 9.45. The van der Waals surface area contributed by atoms with E-state index in [1.165, 1.54) is 16.8 Å². The molecule has 0 unspecified atom stereocenters. The first-order valence-electron chi connectivity index (χ1n) is 11.3. The van der Waals surface area contributed by atoms with Crippen LogP contribution in [0.3, 0.4) is 0 Å². The van der Waals surface area contributed by atoms with E-state index >= 15 is 0 Å². The maximum absolute atomic E-state index is 13.1. The van der Waals surface area contributed by atoms with Gasteiger partial charge >= 0.3 is 0 Å². The van der Waals surface area contributed by atoms with Gasteiger partial charge in [0.05, 0.1) is 17.6 Å². The van der Waals surface area contributed by atoms with Gasteiger partial charge in [0, 0.05) is 44.2 Å². The maximum atomic E-state index is 13.1. The highest BCUT2D eigenvalue weighted by molar-refractivity contribution is 5.82. The molecule has 2 aliphatic heterocycles. The monoisotopic (exact) mass is 396 g/mol. The predicted molar refractivity (Wildman–Crippen MR) is 117 cm³/mol. The van der Waals surface area contributed by atoms with E-state index in [2.05, 4.69) is 47.7 Å². The van der Waals surface area contributed by atoms with E-state index in [1.807, 2.05) is 6.33 Å². The molecule has 1 saturated heterocycles. The van der Waals surface area contributed by atoms with Crippen molar-refractivity contribution in [2.75, 3.05) is 26.2 Å². The first-order chi connectivity index (χ1) is 14.0. The first kappa shape index (κ1) is 20.4. The van der Waals surface area contributed by atoms with Crippen LogP contribution in [-0.2, 0) is 16.8 Å². The zero-order valence-electron chi connectivity index (χ0n) is 18.3. The summed E-state index contributed by atoms with van der Waals surface area (Å²) in [7, 11) is 0. The molecule has 5 heteroatoms. The van der Waals surface area contributed by atoms with E-state index < -0.39 is 0 Å². The lowest BCUT2D eigenvalue weighted by atomic mass is 9.78. The Kier molecular flexibility index (Phi) is 5.95. The number of aromatic nitrogens is 2. The van der Waals surface area contributed by atoms with Crippen LogP contribution in [-0.4, -0.2) is 51.9 Å². The van der Waals surface area contributed by atoms with Crippen LogP contribution < -0.4 is 0 Å². The molecule has 1 aromatic heterocycles. The number of carbonyl (C=O) groups is 1. The van der Waals surface area contributed by atoms with Crippen molar-refractivity contribution in [2.45, 2.75) is 71.3 Å². The number of allylic oxidation sites excluding steroid dienone is 3. The smallest absolute Gasteiger partial charge is 0.226 e. The highest BCUT2D eigenvalue weighted by Crippen LogP contribution is 2.45. The Hall–Kier alpha value is -1.88. The largest absolute Gasteiger partial charge is 0.348 e. The maximum Gasteiger partial charge on any atom is 0.226 e. The molecule has 0 radical (unpaired) electrons. The van der Waals surface area contributed by atoms with Crippen LogP contribution in [0.4, 0.5) is 0 Å². The Balaban J connectivity index is 1.41. The number of nitrogens with one attached hydrogen (secondary N) is 1. The number of carbonyl (C=O) groups excluding carboxylic acids is 1. The molecule has 1 saturated carbocycles. The fourth-order valence-electron chi connectivity index (χ4n) is 4.94. The van der Waals surface area contributed by atoms with Crippen LogP contribution in [0.25, 0.3) is 0 Å². The molecule has 0 atom stereocenters. The third-order valence-corrected chi connectivity index (χ3v) is 6.93. The van der Waals surface area contributed by atoms with Gasteiger partial charge in [0.25, 0.3) is 0 Å². The average Bonchev–Trinajstić information content (AvgIpc) is 3.44. The van der Waals surface area contributed by atoms with Gasteiger partial charge in [-0.05, 0) is 59.3 Å². The van der Waals surface area contributed by atoms with Gasteiger partial charge in [-0.3, -0.25) is 9.69 Å². The van der Waals surface area contributed by atoms with E-state index in [-0.39, 0.29) is 11.5 Å². The number of nitrogens with zero attached hydrogens (tertiary/aromatic N) is 3. The standard InChI is InChI=1S/C24H36N4O/c1-18(2)5-4-6-19(3)9-13-27-15-11-24(12-16-27)22-21(25-17-26-22)10-14-28(24)23(29)20-7-8-20/h5,9,17,20H,4,6-8,10-16H2,1-3H3,(H,25,26)/b19-9+. The third-order valence-electron chi connectivity index (χ3n) is 6.93. The lowest BCUT2D eigenvalue weighted by Gasteiger charge is -2.50. The van der Waals surface area contributed by atoms with Gasteiger partial charge in [-0.2, -0.15) is 0 Å². The number of rotatable bonds is 6. The number of likely N-dealkylation sites (tertiary alicyclic amines) is 1. The van der Waals surface area contributed by atoms with Crippen molar-refractivity contribution in [2.24, 2.45) is 5.92 Å². The number of fused-ring (bicyclic) bond motifs is 2. The van der Waals surface area contributed by atoms with Crippen LogP contribution in [0, 0.1) is 5.92 Å². The van der Waals surface area contributed by atoms with Crippen molar-refractivity contribution >= 4 is 5.91 Å². The van der Waals surface area contributed by atoms with E-state index in [0.717, 1.165) is 76.8 Å². The molecule has 3 heterocycles. The molecule has 29 heavy (non-hydrogen) atoms. The molecule has 158 valence electrons. The normalized spacial score (nSPS) is 21.9. The molecule has 1 amide bonds. The van der Waals surface area contributed by atoms with E-state index in [0.29, 0.717) is 5.91 Å². The van der Waals surface area contributed by atoms with Crippen LogP contribution in [0.15, 0.2) is 29.6 Å². The summed E-state index contributed by atoms with van der Waals surface area (Å²) < 4.78 is 0. The van der Waals surface area contributed by atoms with Crippen molar-refractivity contribution in [3.05, 3.63) is 41.0 Å². The van der Waals surface area contributed by atoms with E-state index in [4.69, 9.17) is 4.98 Å². The predicted octanol–water partition coefficient (Wildman–Crippen LogP) is 4.19. The molecule has 5 nitrogen and oxygen atoms in total. The lowest BCUT2D eigenvalue weighted by molar-refractivity contribution is -0.143. The molecule has 0 aromatic carbocycles. The number of hydrogen-bond acceptors (Lipinski definition) is 3. The molecule has 0 bridgehead atoms. The van der Waals surface area contributed by atoms with Crippen LogP contribution in [0.5, 0.6) is 0 Å². The molecule has 2 fully saturated rings. The number of H-pyrrole nitrogens is 1. The van der Waals surface area contributed by atoms with Crippen molar-refractivity contribution in [1.29, 1.82) is 0 Å². The molecule has 1 N–H and O–H groups in total. The highest BCUT2D eigenvalue weighted by atomic mass is 16.2. The van der Waals surface area contributed by atoms with E-state index in [1.54, 1.807) is 0 Å². The summed E-state index contributed by atoms with van der Waals surface area (Å²) in [5.41, 5.74) is 5.07. The number of piperidine rings is 1. The van der Waals surface area contributed by atoms with Crippen molar-refractivity contribution in [1.82, 2.24) is 19.8 Å². The van der Waals surface area contributed by atoms with Crippen LogP contribution >= 0.6 is 0 Å². The molecule has 4 rings (SSSR count). The second kappa shape index (κ2) is 8.47. The molecule has 1 aromatic rings. The Bertz CT molecular complexity index is 790.